The Morgan fingerprint density at radius 2 is 1.94 bits per heavy atom. The Balaban J connectivity index is 2.31. The van der Waals surface area contributed by atoms with Crippen LogP contribution in [-0.2, 0) is 0 Å². The van der Waals surface area contributed by atoms with Crippen LogP contribution in [0.4, 0.5) is 0 Å². The zero-order valence-electron chi connectivity index (χ0n) is 9.21. The Labute approximate surface area is 112 Å². The summed E-state index contributed by atoms with van der Waals surface area (Å²) in [4.78, 5) is 0. The number of nitrogens with zero attached hydrogens (tertiary/aromatic N) is 4. The highest BCUT2D eigenvalue weighted by atomic mass is 79.9. The summed E-state index contributed by atoms with van der Waals surface area (Å²) in [6.07, 6.45) is 1.74. The van der Waals surface area contributed by atoms with Gasteiger partial charge in [0.1, 0.15) is 6.07 Å². The highest BCUT2D eigenvalue weighted by Crippen LogP contribution is 2.26. The lowest BCUT2D eigenvalue weighted by Gasteiger charge is -2.02. The molecule has 2 aromatic heterocycles. The fraction of sp³-hybridized carbons (Fsp3) is 0. The Hall–Kier alpha value is -2.19. The van der Waals surface area contributed by atoms with Crippen molar-refractivity contribution in [1.82, 2.24) is 14.6 Å². The van der Waals surface area contributed by atoms with Crippen LogP contribution in [0.1, 0.15) is 5.56 Å². The first kappa shape index (κ1) is 10.9. The van der Waals surface area contributed by atoms with Crippen LogP contribution < -0.4 is 0 Å². The Kier molecular flexibility index (Phi) is 2.58. The van der Waals surface area contributed by atoms with Gasteiger partial charge in [0.2, 0.25) is 0 Å². The number of halogens is 1. The lowest BCUT2D eigenvalue weighted by atomic mass is 10.2. The highest BCUT2D eigenvalue weighted by molar-refractivity contribution is 9.10. The SMILES string of the molecule is N#Cc1ccc2nnc(-c3ccccc3Br)n2c1. The number of rotatable bonds is 1. The third-order valence-electron chi connectivity index (χ3n) is 2.65. The van der Waals surface area contributed by atoms with Gasteiger partial charge in [-0.1, -0.05) is 34.1 Å². The molecule has 5 heteroatoms. The molecule has 0 saturated carbocycles. The zero-order chi connectivity index (χ0) is 12.5. The fourth-order valence-corrected chi connectivity index (χ4v) is 2.25. The third-order valence-corrected chi connectivity index (χ3v) is 3.34. The predicted octanol–water partition coefficient (Wildman–Crippen LogP) is 3.03. The van der Waals surface area contributed by atoms with Gasteiger partial charge in [0.05, 0.1) is 5.56 Å². The molecule has 0 atom stereocenters. The van der Waals surface area contributed by atoms with E-state index in [0.29, 0.717) is 5.56 Å². The van der Waals surface area contributed by atoms with E-state index in [9.17, 15) is 0 Å². The van der Waals surface area contributed by atoms with Crippen LogP contribution in [0.5, 0.6) is 0 Å². The summed E-state index contributed by atoms with van der Waals surface area (Å²) >= 11 is 3.49. The predicted molar refractivity (Wildman–Crippen MR) is 70.8 cm³/mol. The lowest BCUT2D eigenvalue weighted by molar-refractivity contribution is 1.11. The van der Waals surface area contributed by atoms with Crippen LogP contribution in [-0.4, -0.2) is 14.6 Å². The first-order valence-electron chi connectivity index (χ1n) is 5.29. The maximum Gasteiger partial charge on any atom is 0.169 e. The van der Waals surface area contributed by atoms with E-state index in [2.05, 4.69) is 32.2 Å². The summed E-state index contributed by atoms with van der Waals surface area (Å²) in [5.74, 6) is 0.717. The molecule has 2 heterocycles. The third kappa shape index (κ3) is 1.67. The maximum absolute atomic E-state index is 8.94. The summed E-state index contributed by atoms with van der Waals surface area (Å²) in [5, 5.41) is 17.2. The van der Waals surface area contributed by atoms with Crippen LogP contribution in [0.2, 0.25) is 0 Å². The van der Waals surface area contributed by atoms with Crippen molar-refractivity contribution in [2.24, 2.45) is 0 Å². The van der Waals surface area contributed by atoms with Crippen molar-refractivity contribution in [2.45, 2.75) is 0 Å². The standard InChI is InChI=1S/C13H7BrN4/c14-11-4-2-1-3-10(11)13-17-16-12-6-5-9(7-15)8-18(12)13/h1-6,8H. The molecule has 0 amide bonds. The first-order valence-corrected chi connectivity index (χ1v) is 6.08. The summed E-state index contributed by atoms with van der Waals surface area (Å²) in [5.41, 5.74) is 2.25. The van der Waals surface area contributed by atoms with E-state index in [0.717, 1.165) is 21.5 Å². The minimum absolute atomic E-state index is 0.579. The molecule has 0 fully saturated rings. The summed E-state index contributed by atoms with van der Waals surface area (Å²) in [6, 6.07) is 13.4. The molecule has 0 N–H and O–H groups in total. The quantitative estimate of drug-likeness (QED) is 0.694. The Morgan fingerprint density at radius 3 is 2.72 bits per heavy atom. The van der Waals surface area contributed by atoms with Crippen molar-refractivity contribution in [3.05, 3.63) is 52.6 Å². The van der Waals surface area contributed by atoms with Gasteiger partial charge in [-0.05, 0) is 18.2 Å². The molecule has 0 radical (unpaired) electrons. The number of nitriles is 1. The molecular weight excluding hydrogens is 292 g/mol. The van der Waals surface area contributed by atoms with E-state index in [-0.39, 0.29) is 0 Å². The molecule has 0 spiro atoms. The number of hydrogen-bond acceptors (Lipinski definition) is 3. The molecule has 1 aromatic carbocycles. The van der Waals surface area contributed by atoms with Gasteiger partial charge in [-0.3, -0.25) is 4.40 Å². The summed E-state index contributed by atoms with van der Waals surface area (Å²) < 4.78 is 2.76. The number of fused-ring (bicyclic) bond motifs is 1. The second-order valence-electron chi connectivity index (χ2n) is 3.76. The van der Waals surface area contributed by atoms with E-state index in [1.165, 1.54) is 0 Å². The molecule has 0 saturated heterocycles. The normalized spacial score (nSPS) is 10.4. The second-order valence-corrected chi connectivity index (χ2v) is 4.62. The van der Waals surface area contributed by atoms with Gasteiger partial charge in [0.25, 0.3) is 0 Å². The monoisotopic (exact) mass is 298 g/mol. The summed E-state index contributed by atoms with van der Waals surface area (Å²) in [7, 11) is 0. The highest BCUT2D eigenvalue weighted by Gasteiger charge is 2.10. The minimum atomic E-state index is 0.579. The van der Waals surface area contributed by atoms with Gasteiger partial charge < -0.3 is 0 Å². The average Bonchev–Trinajstić information content (AvgIpc) is 2.82. The van der Waals surface area contributed by atoms with Crippen molar-refractivity contribution in [1.29, 1.82) is 5.26 Å². The van der Waals surface area contributed by atoms with Crippen molar-refractivity contribution in [3.63, 3.8) is 0 Å². The van der Waals surface area contributed by atoms with Gasteiger partial charge in [0.15, 0.2) is 11.5 Å². The molecule has 0 aliphatic heterocycles. The number of benzene rings is 1. The van der Waals surface area contributed by atoms with Crippen molar-refractivity contribution in [2.75, 3.05) is 0 Å². The second kappa shape index (κ2) is 4.24. The zero-order valence-corrected chi connectivity index (χ0v) is 10.8. The Bertz CT molecular complexity index is 770. The van der Waals surface area contributed by atoms with Crippen molar-refractivity contribution in [3.8, 4) is 17.5 Å². The van der Waals surface area contributed by atoms with E-state index >= 15 is 0 Å². The maximum atomic E-state index is 8.94. The number of aromatic nitrogens is 3. The van der Waals surface area contributed by atoms with Gasteiger partial charge in [-0.15, -0.1) is 10.2 Å². The Morgan fingerprint density at radius 1 is 1.11 bits per heavy atom. The van der Waals surface area contributed by atoms with E-state index in [4.69, 9.17) is 5.26 Å². The van der Waals surface area contributed by atoms with Crippen LogP contribution >= 0.6 is 15.9 Å². The fourth-order valence-electron chi connectivity index (χ4n) is 1.78. The van der Waals surface area contributed by atoms with Crippen LogP contribution in [0.25, 0.3) is 17.0 Å². The molecule has 4 nitrogen and oxygen atoms in total. The molecule has 3 rings (SSSR count). The molecule has 0 unspecified atom stereocenters. The van der Waals surface area contributed by atoms with Crippen LogP contribution in [0.3, 0.4) is 0 Å². The van der Waals surface area contributed by atoms with E-state index < -0.39 is 0 Å². The smallest absolute Gasteiger partial charge is 0.169 e. The molecule has 0 aliphatic carbocycles. The van der Waals surface area contributed by atoms with Gasteiger partial charge in [0, 0.05) is 16.2 Å². The van der Waals surface area contributed by atoms with E-state index in [1.54, 1.807) is 18.3 Å². The van der Waals surface area contributed by atoms with Gasteiger partial charge in [-0.25, -0.2) is 0 Å². The summed E-state index contributed by atoms with van der Waals surface area (Å²) in [6.45, 7) is 0. The number of hydrogen-bond donors (Lipinski definition) is 0. The van der Waals surface area contributed by atoms with Gasteiger partial charge in [-0.2, -0.15) is 5.26 Å². The topological polar surface area (TPSA) is 54.0 Å². The van der Waals surface area contributed by atoms with E-state index in [1.807, 2.05) is 28.7 Å². The van der Waals surface area contributed by atoms with Crippen LogP contribution in [0.15, 0.2) is 47.1 Å². The largest absolute Gasteiger partial charge is 0.281 e. The van der Waals surface area contributed by atoms with Crippen molar-refractivity contribution < 1.29 is 0 Å². The molecule has 18 heavy (non-hydrogen) atoms. The molecular formula is C13H7BrN4. The van der Waals surface area contributed by atoms with Crippen LogP contribution in [0, 0.1) is 11.3 Å². The van der Waals surface area contributed by atoms with Gasteiger partial charge >= 0.3 is 0 Å². The molecule has 0 aliphatic rings. The minimum Gasteiger partial charge on any atom is -0.281 e. The first-order chi connectivity index (χ1) is 8.79. The molecule has 3 aromatic rings. The molecule has 0 bridgehead atoms. The van der Waals surface area contributed by atoms with Crippen molar-refractivity contribution >= 4 is 21.6 Å². The average molecular weight is 299 g/mol. The number of pyridine rings is 1. The molecule has 86 valence electrons. The lowest BCUT2D eigenvalue weighted by Crippen LogP contribution is -1.91.